The lowest BCUT2D eigenvalue weighted by Crippen LogP contribution is -2.30. The molecule has 5 heteroatoms. The Morgan fingerprint density at radius 2 is 1.91 bits per heavy atom. The summed E-state index contributed by atoms with van der Waals surface area (Å²) in [6, 6.07) is 13.7. The molecular weight excluding hydrogens is 317 g/mol. The van der Waals surface area contributed by atoms with Crippen LogP contribution in [0.5, 0.6) is 0 Å². The summed E-state index contributed by atoms with van der Waals surface area (Å²) in [5.74, 6) is -1.27. The van der Waals surface area contributed by atoms with Gasteiger partial charge in [-0.2, -0.15) is 0 Å². The highest BCUT2D eigenvalue weighted by atomic mass is 35.5. The van der Waals surface area contributed by atoms with Crippen molar-refractivity contribution in [1.29, 1.82) is 0 Å². The molecule has 0 unspecified atom stereocenters. The normalized spacial score (nSPS) is 13.4. The second-order valence-corrected chi connectivity index (χ2v) is 5.91. The first kappa shape index (κ1) is 17.4. The van der Waals surface area contributed by atoms with E-state index in [0.29, 0.717) is 13.0 Å². The third-order valence-corrected chi connectivity index (χ3v) is 3.91. The SMILES string of the molecule is C[C@H](O)C[C@H](CNC(=O)c1c(F)cccc1Cl)c1ccccc1. The lowest BCUT2D eigenvalue weighted by molar-refractivity contribution is 0.0941. The van der Waals surface area contributed by atoms with Gasteiger partial charge in [-0.05, 0) is 31.0 Å². The molecule has 2 aromatic rings. The van der Waals surface area contributed by atoms with Crippen LogP contribution in [0.25, 0.3) is 0 Å². The molecule has 0 aromatic heterocycles. The van der Waals surface area contributed by atoms with Crippen LogP contribution in [0.3, 0.4) is 0 Å². The van der Waals surface area contributed by atoms with Crippen LogP contribution in [-0.2, 0) is 0 Å². The summed E-state index contributed by atoms with van der Waals surface area (Å²) in [6.07, 6.45) is -0.0101. The first-order valence-electron chi connectivity index (χ1n) is 7.44. The number of hydrogen-bond donors (Lipinski definition) is 2. The third kappa shape index (κ3) is 4.78. The molecule has 23 heavy (non-hydrogen) atoms. The van der Waals surface area contributed by atoms with E-state index in [4.69, 9.17) is 11.6 Å². The molecule has 0 spiro atoms. The molecule has 0 aliphatic rings. The number of carbonyl (C=O) groups excluding carboxylic acids is 1. The summed E-state index contributed by atoms with van der Waals surface area (Å²) in [5, 5.41) is 12.4. The second kappa shape index (κ2) is 8.09. The Hall–Kier alpha value is -1.91. The van der Waals surface area contributed by atoms with Gasteiger partial charge in [0.2, 0.25) is 0 Å². The van der Waals surface area contributed by atoms with Crippen LogP contribution >= 0.6 is 11.6 Å². The zero-order chi connectivity index (χ0) is 16.8. The predicted octanol–water partition coefficient (Wildman–Crippen LogP) is 3.76. The smallest absolute Gasteiger partial charge is 0.255 e. The van der Waals surface area contributed by atoms with Crippen molar-refractivity contribution in [2.75, 3.05) is 6.54 Å². The fourth-order valence-electron chi connectivity index (χ4n) is 2.49. The van der Waals surface area contributed by atoms with Gasteiger partial charge in [0.05, 0.1) is 16.7 Å². The Balaban J connectivity index is 2.11. The average Bonchev–Trinajstić information content (AvgIpc) is 2.51. The lowest BCUT2D eigenvalue weighted by Gasteiger charge is -2.20. The quantitative estimate of drug-likeness (QED) is 0.844. The van der Waals surface area contributed by atoms with E-state index in [2.05, 4.69) is 5.32 Å². The molecular formula is C18H19ClFNO2. The zero-order valence-electron chi connectivity index (χ0n) is 12.8. The van der Waals surface area contributed by atoms with Crippen molar-refractivity contribution in [3.8, 4) is 0 Å². The molecule has 2 rings (SSSR count). The van der Waals surface area contributed by atoms with Crippen LogP contribution in [0.4, 0.5) is 4.39 Å². The van der Waals surface area contributed by atoms with Gasteiger partial charge in [-0.15, -0.1) is 0 Å². The fourth-order valence-corrected chi connectivity index (χ4v) is 2.74. The van der Waals surface area contributed by atoms with Crippen LogP contribution in [0.15, 0.2) is 48.5 Å². The standard InChI is InChI=1S/C18H19ClFNO2/c1-12(22)10-14(13-6-3-2-4-7-13)11-21-18(23)17-15(19)8-5-9-16(17)20/h2-9,12,14,22H,10-11H2,1H3,(H,21,23)/t12-,14+/m0/s1. The minimum atomic E-state index is -0.651. The summed E-state index contributed by atoms with van der Waals surface area (Å²) in [4.78, 5) is 12.2. The van der Waals surface area contributed by atoms with Crippen LogP contribution in [0.2, 0.25) is 5.02 Å². The van der Waals surface area contributed by atoms with Crippen molar-refractivity contribution < 1.29 is 14.3 Å². The minimum Gasteiger partial charge on any atom is -0.393 e. The van der Waals surface area contributed by atoms with E-state index in [-0.39, 0.29) is 16.5 Å². The molecule has 2 atom stereocenters. The number of rotatable bonds is 6. The van der Waals surface area contributed by atoms with Gasteiger partial charge in [0.1, 0.15) is 5.82 Å². The topological polar surface area (TPSA) is 49.3 Å². The van der Waals surface area contributed by atoms with E-state index in [9.17, 15) is 14.3 Å². The molecule has 0 heterocycles. The summed E-state index contributed by atoms with van der Waals surface area (Å²) in [7, 11) is 0. The van der Waals surface area contributed by atoms with Gasteiger partial charge in [-0.3, -0.25) is 4.79 Å². The Morgan fingerprint density at radius 1 is 1.22 bits per heavy atom. The van der Waals surface area contributed by atoms with Gasteiger partial charge in [-0.1, -0.05) is 48.0 Å². The first-order valence-corrected chi connectivity index (χ1v) is 7.82. The van der Waals surface area contributed by atoms with Crippen molar-refractivity contribution in [1.82, 2.24) is 5.32 Å². The lowest BCUT2D eigenvalue weighted by atomic mass is 9.93. The van der Waals surface area contributed by atoms with E-state index in [0.717, 1.165) is 5.56 Å². The molecule has 0 saturated carbocycles. The van der Waals surface area contributed by atoms with Crippen molar-refractivity contribution in [2.45, 2.75) is 25.4 Å². The molecule has 1 amide bonds. The fraction of sp³-hybridized carbons (Fsp3) is 0.278. The number of nitrogens with one attached hydrogen (secondary N) is 1. The first-order chi connectivity index (χ1) is 11.0. The van der Waals surface area contributed by atoms with Crippen LogP contribution in [0, 0.1) is 5.82 Å². The van der Waals surface area contributed by atoms with Crippen molar-refractivity contribution in [3.63, 3.8) is 0 Å². The second-order valence-electron chi connectivity index (χ2n) is 5.50. The van der Waals surface area contributed by atoms with E-state index in [1.54, 1.807) is 6.92 Å². The molecule has 0 bridgehead atoms. The van der Waals surface area contributed by atoms with Crippen molar-refractivity contribution >= 4 is 17.5 Å². The number of aliphatic hydroxyl groups excluding tert-OH is 1. The number of amides is 1. The predicted molar refractivity (Wildman–Crippen MR) is 89.2 cm³/mol. The highest BCUT2D eigenvalue weighted by Gasteiger charge is 2.19. The highest BCUT2D eigenvalue weighted by molar-refractivity contribution is 6.33. The van der Waals surface area contributed by atoms with Crippen molar-refractivity contribution in [2.24, 2.45) is 0 Å². The Kier molecular flexibility index (Phi) is 6.13. The van der Waals surface area contributed by atoms with Crippen LogP contribution in [0.1, 0.15) is 35.2 Å². The van der Waals surface area contributed by atoms with Crippen LogP contribution in [-0.4, -0.2) is 23.7 Å². The van der Waals surface area contributed by atoms with E-state index >= 15 is 0 Å². The number of benzene rings is 2. The maximum Gasteiger partial charge on any atom is 0.255 e. The van der Waals surface area contributed by atoms with Gasteiger partial charge < -0.3 is 10.4 Å². The van der Waals surface area contributed by atoms with Gasteiger partial charge in [0.15, 0.2) is 0 Å². The third-order valence-electron chi connectivity index (χ3n) is 3.60. The maximum atomic E-state index is 13.8. The summed E-state index contributed by atoms with van der Waals surface area (Å²) < 4.78 is 13.8. The largest absolute Gasteiger partial charge is 0.393 e. The Labute approximate surface area is 140 Å². The van der Waals surface area contributed by atoms with Gasteiger partial charge in [0.25, 0.3) is 5.91 Å². The van der Waals surface area contributed by atoms with E-state index in [1.807, 2.05) is 30.3 Å². The Morgan fingerprint density at radius 3 is 2.52 bits per heavy atom. The molecule has 0 aliphatic carbocycles. The number of aliphatic hydroxyl groups is 1. The zero-order valence-corrected chi connectivity index (χ0v) is 13.6. The van der Waals surface area contributed by atoms with E-state index < -0.39 is 17.8 Å². The molecule has 2 N–H and O–H groups in total. The van der Waals surface area contributed by atoms with Crippen molar-refractivity contribution in [3.05, 3.63) is 70.5 Å². The van der Waals surface area contributed by atoms with E-state index in [1.165, 1.54) is 18.2 Å². The average molecular weight is 336 g/mol. The molecule has 3 nitrogen and oxygen atoms in total. The highest BCUT2D eigenvalue weighted by Crippen LogP contribution is 2.22. The molecule has 0 aliphatic heterocycles. The minimum absolute atomic E-state index is 0.0642. The monoisotopic (exact) mass is 335 g/mol. The summed E-state index contributed by atoms with van der Waals surface area (Å²) >= 11 is 5.90. The number of hydrogen-bond acceptors (Lipinski definition) is 2. The maximum absolute atomic E-state index is 13.8. The molecule has 2 aromatic carbocycles. The molecule has 0 radical (unpaired) electrons. The van der Waals surface area contributed by atoms with Gasteiger partial charge >= 0.3 is 0 Å². The molecule has 122 valence electrons. The van der Waals surface area contributed by atoms with Gasteiger partial charge in [-0.25, -0.2) is 4.39 Å². The van der Waals surface area contributed by atoms with Gasteiger partial charge in [0, 0.05) is 12.5 Å². The molecule has 0 fully saturated rings. The molecule has 0 saturated heterocycles. The Bertz CT molecular complexity index is 641. The summed E-state index contributed by atoms with van der Waals surface area (Å²) in [5.41, 5.74) is 0.853. The summed E-state index contributed by atoms with van der Waals surface area (Å²) in [6.45, 7) is 1.99. The number of halogens is 2. The number of carbonyl (C=O) groups is 1. The van der Waals surface area contributed by atoms with Crippen LogP contribution < -0.4 is 5.32 Å².